The van der Waals surface area contributed by atoms with Gasteiger partial charge in [0.05, 0.1) is 6.61 Å². The highest BCUT2D eigenvalue weighted by molar-refractivity contribution is 5.70. The molecule has 0 saturated carbocycles. The Labute approximate surface area is 318 Å². The summed E-state index contributed by atoms with van der Waals surface area (Å²) in [6, 6.07) is 0. The first-order chi connectivity index (χ1) is 25.6. The summed E-state index contributed by atoms with van der Waals surface area (Å²) in [5.74, 6) is -0.695. The van der Waals surface area contributed by atoms with Gasteiger partial charge in [0, 0.05) is 12.8 Å². The lowest BCUT2D eigenvalue weighted by molar-refractivity contribution is -0.161. The maximum absolute atomic E-state index is 12.2. The Kier molecular flexibility index (Phi) is 38.8. The fourth-order valence-electron chi connectivity index (χ4n) is 4.79. The normalized spacial score (nSPS) is 13.5. The van der Waals surface area contributed by atoms with Gasteiger partial charge in [-0.3, -0.25) is 9.59 Å². The molecule has 0 rings (SSSR count). The van der Waals surface area contributed by atoms with E-state index >= 15 is 0 Å². The average molecular weight is 717 g/mol. The molecule has 0 spiro atoms. The SMILES string of the molecule is CC/C=C\C/C=C\C/C=C\C/C=C\C/C=C\C/C=C\C/C=C\CCCC(=O)OC(CO)COC(=O)CCCCCCC/C=C\C/C=C\C/C=C\CC. The highest BCUT2D eigenvalue weighted by atomic mass is 16.6. The Bertz CT molecular complexity index is 1130. The van der Waals surface area contributed by atoms with Crippen LogP contribution in [0, 0.1) is 0 Å². The molecule has 0 radical (unpaired) electrons. The first-order valence-electron chi connectivity index (χ1n) is 20.1. The Balaban J connectivity index is 3.76. The number of aliphatic hydroxyl groups excluding tert-OH is 1. The predicted octanol–water partition coefficient (Wildman–Crippen LogP) is 12.8. The third kappa shape index (κ3) is 39.1. The molecule has 0 aliphatic heterocycles. The molecule has 1 unspecified atom stereocenters. The van der Waals surface area contributed by atoms with Gasteiger partial charge in [-0.25, -0.2) is 0 Å². The van der Waals surface area contributed by atoms with Crippen LogP contribution in [0.4, 0.5) is 0 Å². The van der Waals surface area contributed by atoms with Crippen molar-refractivity contribution in [3.63, 3.8) is 0 Å². The van der Waals surface area contributed by atoms with E-state index in [1.54, 1.807) is 0 Å². The summed E-state index contributed by atoms with van der Waals surface area (Å²) in [5, 5.41) is 9.55. The number of carbonyl (C=O) groups excluding carboxylic acids is 2. The number of carbonyl (C=O) groups is 2. The van der Waals surface area contributed by atoms with E-state index < -0.39 is 6.10 Å². The van der Waals surface area contributed by atoms with E-state index in [-0.39, 0.29) is 31.6 Å². The fraction of sp³-hybridized carbons (Fsp3) is 0.532. The van der Waals surface area contributed by atoms with E-state index in [0.29, 0.717) is 12.8 Å². The molecule has 5 nitrogen and oxygen atoms in total. The molecule has 0 aliphatic carbocycles. The Morgan fingerprint density at radius 1 is 0.442 bits per heavy atom. The summed E-state index contributed by atoms with van der Waals surface area (Å²) in [6.07, 6.45) is 61.2. The number of allylic oxidation sites excluding steroid dienone is 20. The Hall–Kier alpha value is -3.70. The molecule has 52 heavy (non-hydrogen) atoms. The van der Waals surface area contributed by atoms with Gasteiger partial charge in [-0.15, -0.1) is 0 Å². The van der Waals surface area contributed by atoms with Gasteiger partial charge in [-0.2, -0.15) is 0 Å². The van der Waals surface area contributed by atoms with Crippen LogP contribution >= 0.6 is 0 Å². The average Bonchev–Trinajstić information content (AvgIpc) is 3.15. The zero-order valence-corrected chi connectivity index (χ0v) is 32.8. The number of aliphatic hydroxyl groups is 1. The van der Waals surface area contributed by atoms with Crippen molar-refractivity contribution < 1.29 is 24.2 Å². The van der Waals surface area contributed by atoms with E-state index in [4.69, 9.17) is 9.47 Å². The van der Waals surface area contributed by atoms with Crippen molar-refractivity contribution in [1.82, 2.24) is 0 Å². The summed E-state index contributed by atoms with van der Waals surface area (Å²) in [6.45, 7) is 3.82. The van der Waals surface area contributed by atoms with Crippen molar-refractivity contribution in [2.24, 2.45) is 0 Å². The molecule has 0 aromatic rings. The molecule has 0 aliphatic rings. The second kappa shape index (κ2) is 41.7. The van der Waals surface area contributed by atoms with Crippen LogP contribution in [0.3, 0.4) is 0 Å². The molecule has 0 aromatic carbocycles. The van der Waals surface area contributed by atoms with E-state index in [1.165, 1.54) is 0 Å². The molecular weight excluding hydrogens is 645 g/mol. The summed E-state index contributed by atoms with van der Waals surface area (Å²) < 4.78 is 10.5. The maximum Gasteiger partial charge on any atom is 0.306 e. The Morgan fingerprint density at radius 2 is 0.788 bits per heavy atom. The first-order valence-corrected chi connectivity index (χ1v) is 20.1. The van der Waals surface area contributed by atoms with Crippen LogP contribution in [-0.2, 0) is 19.1 Å². The van der Waals surface area contributed by atoms with Crippen molar-refractivity contribution in [3.8, 4) is 0 Å². The molecular formula is C47H72O5. The zero-order valence-electron chi connectivity index (χ0n) is 32.8. The van der Waals surface area contributed by atoms with Crippen LogP contribution < -0.4 is 0 Å². The van der Waals surface area contributed by atoms with Crippen LogP contribution in [0.25, 0.3) is 0 Å². The molecule has 0 aromatic heterocycles. The summed E-state index contributed by atoms with van der Waals surface area (Å²) >= 11 is 0. The molecule has 0 saturated heterocycles. The van der Waals surface area contributed by atoms with Gasteiger partial charge >= 0.3 is 11.9 Å². The van der Waals surface area contributed by atoms with Crippen molar-refractivity contribution in [2.45, 2.75) is 148 Å². The molecule has 290 valence electrons. The lowest BCUT2D eigenvalue weighted by Gasteiger charge is -2.15. The maximum atomic E-state index is 12.2. The number of hydrogen-bond donors (Lipinski definition) is 1. The third-order valence-electron chi connectivity index (χ3n) is 7.75. The van der Waals surface area contributed by atoms with Crippen LogP contribution in [0.2, 0.25) is 0 Å². The molecule has 5 heteroatoms. The fourth-order valence-corrected chi connectivity index (χ4v) is 4.79. The highest BCUT2D eigenvalue weighted by Gasteiger charge is 2.15. The molecule has 0 fully saturated rings. The second-order valence-electron chi connectivity index (χ2n) is 12.6. The van der Waals surface area contributed by atoms with Gasteiger partial charge in [0.25, 0.3) is 0 Å². The van der Waals surface area contributed by atoms with E-state index in [9.17, 15) is 14.7 Å². The molecule has 0 amide bonds. The van der Waals surface area contributed by atoms with Crippen molar-refractivity contribution in [3.05, 3.63) is 122 Å². The largest absolute Gasteiger partial charge is 0.462 e. The van der Waals surface area contributed by atoms with Gasteiger partial charge in [-0.05, 0) is 96.3 Å². The zero-order chi connectivity index (χ0) is 37.8. The quantitative estimate of drug-likeness (QED) is 0.0408. The monoisotopic (exact) mass is 717 g/mol. The molecule has 1 N–H and O–H groups in total. The minimum atomic E-state index is -0.818. The highest BCUT2D eigenvalue weighted by Crippen LogP contribution is 2.10. The first kappa shape index (κ1) is 48.3. The summed E-state index contributed by atoms with van der Waals surface area (Å²) in [4.78, 5) is 24.2. The minimum Gasteiger partial charge on any atom is -0.462 e. The van der Waals surface area contributed by atoms with E-state index in [0.717, 1.165) is 109 Å². The topological polar surface area (TPSA) is 72.8 Å². The minimum absolute atomic E-state index is 0.107. The predicted molar refractivity (Wildman–Crippen MR) is 223 cm³/mol. The summed E-state index contributed by atoms with van der Waals surface area (Å²) in [5.41, 5.74) is 0. The van der Waals surface area contributed by atoms with Crippen molar-refractivity contribution >= 4 is 11.9 Å². The van der Waals surface area contributed by atoms with Crippen molar-refractivity contribution in [2.75, 3.05) is 13.2 Å². The number of rotatable bonds is 34. The standard InChI is InChI=1S/C47H72O5/c1-3-5-7-9-11-13-15-17-19-20-21-22-23-24-25-26-28-30-32-34-36-38-40-42-47(50)52-45(43-48)44-51-46(49)41-39-37-35-33-31-29-27-18-16-14-12-10-8-6-4-2/h5-8,11-14,17-19,21-22,24-25,27-28,30,34,36,45,48H,3-4,9-10,15-16,20,23,26,29,31-33,35,37-44H2,1-2H3/b7-5-,8-6-,13-11-,14-12-,19-17-,22-21-,25-24-,27-18-,30-28-,36-34-. The van der Waals surface area contributed by atoms with E-state index in [1.807, 2.05) is 0 Å². The van der Waals surface area contributed by atoms with Gasteiger partial charge in [0.2, 0.25) is 0 Å². The third-order valence-corrected chi connectivity index (χ3v) is 7.75. The molecule has 0 heterocycles. The molecule has 0 bridgehead atoms. The van der Waals surface area contributed by atoms with Gasteiger partial charge < -0.3 is 14.6 Å². The van der Waals surface area contributed by atoms with Gasteiger partial charge in [0.1, 0.15) is 6.61 Å². The number of hydrogen-bond acceptors (Lipinski definition) is 5. The lowest BCUT2D eigenvalue weighted by Crippen LogP contribution is -2.28. The lowest BCUT2D eigenvalue weighted by atomic mass is 10.1. The number of ether oxygens (including phenoxy) is 2. The van der Waals surface area contributed by atoms with Crippen LogP contribution in [-0.4, -0.2) is 36.4 Å². The molecule has 1 atom stereocenters. The van der Waals surface area contributed by atoms with Gasteiger partial charge in [0.15, 0.2) is 6.10 Å². The smallest absolute Gasteiger partial charge is 0.306 e. The number of esters is 2. The van der Waals surface area contributed by atoms with Crippen LogP contribution in [0.5, 0.6) is 0 Å². The van der Waals surface area contributed by atoms with Crippen molar-refractivity contribution in [1.29, 1.82) is 0 Å². The van der Waals surface area contributed by atoms with E-state index in [2.05, 4.69) is 135 Å². The summed E-state index contributed by atoms with van der Waals surface area (Å²) in [7, 11) is 0. The number of unbranched alkanes of at least 4 members (excludes halogenated alkanes) is 6. The Morgan fingerprint density at radius 3 is 1.21 bits per heavy atom. The second-order valence-corrected chi connectivity index (χ2v) is 12.6. The van der Waals surface area contributed by atoms with Crippen LogP contribution in [0.1, 0.15) is 142 Å². The van der Waals surface area contributed by atoms with Gasteiger partial charge in [-0.1, -0.05) is 155 Å². The van der Waals surface area contributed by atoms with Crippen LogP contribution in [0.15, 0.2) is 122 Å².